The van der Waals surface area contributed by atoms with Crippen molar-refractivity contribution in [2.24, 2.45) is 5.92 Å². The van der Waals surface area contributed by atoms with E-state index in [1.807, 2.05) is 0 Å². The molecule has 0 heterocycles. The molecule has 1 N–H and O–H groups in total. The fourth-order valence-electron chi connectivity index (χ4n) is 2.54. The van der Waals surface area contributed by atoms with Gasteiger partial charge in [0.2, 0.25) is 0 Å². The quantitative estimate of drug-likeness (QED) is 0.693. The van der Waals surface area contributed by atoms with Crippen LogP contribution < -0.4 is 5.32 Å². The molecule has 1 atom stereocenters. The van der Waals surface area contributed by atoms with Crippen molar-refractivity contribution in [3.05, 3.63) is 33.3 Å². The van der Waals surface area contributed by atoms with Crippen LogP contribution in [0.3, 0.4) is 0 Å². The standard InChI is InChI=1S/C17H28BrN/c1-6-19-16(9-7-8-12(2)3)15-10-13(4)17(18)14(5)11-15/h10-12,16,19H,6-9H2,1-5H3. The lowest BCUT2D eigenvalue weighted by Gasteiger charge is -2.20. The van der Waals surface area contributed by atoms with E-state index in [0.717, 1.165) is 12.5 Å². The van der Waals surface area contributed by atoms with Crippen molar-refractivity contribution in [2.75, 3.05) is 6.54 Å². The fraction of sp³-hybridized carbons (Fsp3) is 0.647. The largest absolute Gasteiger partial charge is 0.310 e. The summed E-state index contributed by atoms with van der Waals surface area (Å²) >= 11 is 3.65. The maximum atomic E-state index is 3.65. The number of nitrogens with one attached hydrogen (secondary N) is 1. The number of hydrogen-bond donors (Lipinski definition) is 1. The van der Waals surface area contributed by atoms with Gasteiger partial charge in [-0.1, -0.05) is 61.7 Å². The van der Waals surface area contributed by atoms with Crippen LogP contribution in [0.25, 0.3) is 0 Å². The van der Waals surface area contributed by atoms with Crippen molar-refractivity contribution < 1.29 is 0 Å². The van der Waals surface area contributed by atoms with Crippen LogP contribution in [0, 0.1) is 19.8 Å². The molecule has 0 aromatic heterocycles. The van der Waals surface area contributed by atoms with Gasteiger partial charge in [-0.15, -0.1) is 0 Å². The van der Waals surface area contributed by atoms with Crippen molar-refractivity contribution in [2.45, 2.75) is 59.9 Å². The summed E-state index contributed by atoms with van der Waals surface area (Å²) in [5.41, 5.74) is 4.10. The minimum atomic E-state index is 0.495. The SMILES string of the molecule is CCNC(CCCC(C)C)c1cc(C)c(Br)c(C)c1. The monoisotopic (exact) mass is 325 g/mol. The minimum absolute atomic E-state index is 0.495. The maximum absolute atomic E-state index is 3.65. The molecule has 0 fully saturated rings. The van der Waals surface area contributed by atoms with Gasteiger partial charge < -0.3 is 5.32 Å². The Bertz CT molecular complexity index is 375. The lowest BCUT2D eigenvalue weighted by atomic mass is 9.95. The normalized spacial score (nSPS) is 13.0. The molecule has 0 amide bonds. The average molecular weight is 326 g/mol. The van der Waals surface area contributed by atoms with Crippen molar-refractivity contribution >= 4 is 15.9 Å². The molecule has 1 rings (SSSR count). The second kappa shape index (κ2) is 8.06. The van der Waals surface area contributed by atoms with Gasteiger partial charge in [-0.3, -0.25) is 0 Å². The fourth-order valence-corrected chi connectivity index (χ4v) is 2.77. The highest BCUT2D eigenvalue weighted by Crippen LogP contribution is 2.28. The predicted octanol–water partition coefficient (Wildman–Crippen LogP) is 5.54. The van der Waals surface area contributed by atoms with E-state index in [2.05, 4.69) is 68.0 Å². The highest BCUT2D eigenvalue weighted by molar-refractivity contribution is 9.10. The average Bonchev–Trinajstić information content (AvgIpc) is 2.34. The Labute approximate surface area is 127 Å². The first-order valence-electron chi connectivity index (χ1n) is 7.45. The topological polar surface area (TPSA) is 12.0 Å². The van der Waals surface area contributed by atoms with Crippen molar-refractivity contribution in [1.82, 2.24) is 5.32 Å². The van der Waals surface area contributed by atoms with Crippen LogP contribution in [0.2, 0.25) is 0 Å². The van der Waals surface area contributed by atoms with Gasteiger partial charge in [0.25, 0.3) is 0 Å². The molecule has 0 saturated carbocycles. The van der Waals surface area contributed by atoms with Crippen LogP contribution in [0.15, 0.2) is 16.6 Å². The van der Waals surface area contributed by atoms with Gasteiger partial charge in [0, 0.05) is 10.5 Å². The third kappa shape index (κ3) is 5.27. The number of rotatable bonds is 7. The third-order valence-electron chi connectivity index (χ3n) is 3.59. The van der Waals surface area contributed by atoms with Crippen LogP contribution in [-0.4, -0.2) is 6.54 Å². The molecular weight excluding hydrogens is 298 g/mol. The Balaban J connectivity index is 2.80. The molecule has 108 valence electrons. The zero-order valence-corrected chi connectivity index (χ0v) is 14.6. The van der Waals surface area contributed by atoms with Gasteiger partial charge in [-0.2, -0.15) is 0 Å². The number of benzene rings is 1. The smallest absolute Gasteiger partial charge is 0.0320 e. The highest BCUT2D eigenvalue weighted by Gasteiger charge is 2.12. The van der Waals surface area contributed by atoms with Gasteiger partial charge in [-0.05, 0) is 49.4 Å². The first-order valence-corrected chi connectivity index (χ1v) is 8.25. The number of halogens is 1. The molecule has 1 aromatic carbocycles. The molecule has 0 radical (unpaired) electrons. The molecule has 0 aliphatic heterocycles. The summed E-state index contributed by atoms with van der Waals surface area (Å²) in [6.45, 7) is 12.2. The Kier molecular flexibility index (Phi) is 7.09. The highest BCUT2D eigenvalue weighted by atomic mass is 79.9. The Morgan fingerprint density at radius 1 is 1.11 bits per heavy atom. The van der Waals surface area contributed by atoms with Crippen LogP contribution in [0.1, 0.15) is 62.8 Å². The van der Waals surface area contributed by atoms with Crippen molar-refractivity contribution in [1.29, 1.82) is 0 Å². The molecule has 0 aliphatic carbocycles. The second-order valence-electron chi connectivity index (χ2n) is 5.90. The first kappa shape index (κ1) is 16.7. The van der Waals surface area contributed by atoms with E-state index in [1.165, 1.54) is 40.4 Å². The van der Waals surface area contributed by atoms with E-state index in [4.69, 9.17) is 0 Å². The summed E-state index contributed by atoms with van der Waals surface area (Å²) in [5.74, 6) is 0.802. The van der Waals surface area contributed by atoms with Gasteiger partial charge in [0.1, 0.15) is 0 Å². The number of hydrogen-bond acceptors (Lipinski definition) is 1. The summed E-state index contributed by atoms with van der Waals surface area (Å²) < 4.78 is 1.24. The van der Waals surface area contributed by atoms with Gasteiger partial charge in [0.15, 0.2) is 0 Å². The Morgan fingerprint density at radius 2 is 1.68 bits per heavy atom. The molecule has 19 heavy (non-hydrogen) atoms. The molecule has 0 aliphatic rings. The second-order valence-corrected chi connectivity index (χ2v) is 6.70. The van der Waals surface area contributed by atoms with Gasteiger partial charge in [0.05, 0.1) is 0 Å². The summed E-state index contributed by atoms with van der Waals surface area (Å²) in [7, 11) is 0. The van der Waals surface area contributed by atoms with E-state index < -0.39 is 0 Å². The molecular formula is C17H28BrN. The molecule has 0 spiro atoms. The summed E-state index contributed by atoms with van der Waals surface area (Å²) in [6.07, 6.45) is 3.84. The molecule has 2 heteroatoms. The summed E-state index contributed by atoms with van der Waals surface area (Å²) in [4.78, 5) is 0. The van der Waals surface area contributed by atoms with Crippen molar-refractivity contribution in [3.8, 4) is 0 Å². The van der Waals surface area contributed by atoms with E-state index in [-0.39, 0.29) is 0 Å². The van der Waals surface area contributed by atoms with Crippen LogP contribution in [-0.2, 0) is 0 Å². The molecule has 1 unspecified atom stereocenters. The lowest BCUT2D eigenvalue weighted by Crippen LogP contribution is -2.21. The maximum Gasteiger partial charge on any atom is 0.0320 e. The summed E-state index contributed by atoms with van der Waals surface area (Å²) in [5, 5.41) is 3.63. The van der Waals surface area contributed by atoms with E-state index in [0.29, 0.717) is 6.04 Å². The van der Waals surface area contributed by atoms with Crippen LogP contribution in [0.4, 0.5) is 0 Å². The zero-order valence-electron chi connectivity index (χ0n) is 13.0. The Hall–Kier alpha value is -0.340. The molecule has 0 saturated heterocycles. The van der Waals surface area contributed by atoms with Gasteiger partial charge in [-0.25, -0.2) is 0 Å². The molecule has 0 bridgehead atoms. The van der Waals surface area contributed by atoms with Crippen molar-refractivity contribution in [3.63, 3.8) is 0 Å². The molecule has 1 nitrogen and oxygen atoms in total. The van der Waals surface area contributed by atoms with Gasteiger partial charge >= 0.3 is 0 Å². The predicted molar refractivity (Wildman–Crippen MR) is 88.7 cm³/mol. The zero-order chi connectivity index (χ0) is 14.4. The van der Waals surface area contributed by atoms with Crippen LogP contribution in [0.5, 0.6) is 0 Å². The molecule has 1 aromatic rings. The van der Waals surface area contributed by atoms with E-state index >= 15 is 0 Å². The Morgan fingerprint density at radius 3 is 2.16 bits per heavy atom. The van der Waals surface area contributed by atoms with Crippen LogP contribution >= 0.6 is 15.9 Å². The first-order chi connectivity index (χ1) is 8.95. The lowest BCUT2D eigenvalue weighted by molar-refractivity contribution is 0.455. The minimum Gasteiger partial charge on any atom is -0.310 e. The van der Waals surface area contributed by atoms with E-state index in [1.54, 1.807) is 0 Å². The third-order valence-corrected chi connectivity index (χ3v) is 4.84. The summed E-state index contributed by atoms with van der Waals surface area (Å²) in [6, 6.07) is 5.13. The number of aryl methyl sites for hydroxylation is 2. The van der Waals surface area contributed by atoms with E-state index in [9.17, 15) is 0 Å².